The van der Waals surface area contributed by atoms with Crippen molar-refractivity contribution in [2.24, 2.45) is 11.8 Å². The lowest BCUT2D eigenvalue weighted by Gasteiger charge is -2.38. The Kier molecular flexibility index (Phi) is 10.4. The summed E-state index contributed by atoms with van der Waals surface area (Å²) in [5, 5.41) is 4.04. The van der Waals surface area contributed by atoms with Crippen LogP contribution in [0, 0.1) is 11.8 Å². The number of amides is 1. The number of nitrogens with one attached hydrogen (secondary N) is 1. The summed E-state index contributed by atoms with van der Waals surface area (Å²) in [6.45, 7) is 1.26. The number of thioether (sulfide) groups is 1. The van der Waals surface area contributed by atoms with E-state index in [4.69, 9.17) is 4.98 Å². The van der Waals surface area contributed by atoms with E-state index in [9.17, 15) is 14.4 Å². The molecule has 5 aromatic rings. The molecule has 1 aromatic heterocycles. The molecule has 1 amide bonds. The summed E-state index contributed by atoms with van der Waals surface area (Å²) in [5.74, 6) is 1.74. The highest BCUT2D eigenvalue weighted by molar-refractivity contribution is 7.98. The van der Waals surface area contributed by atoms with Crippen molar-refractivity contribution in [2.45, 2.75) is 18.6 Å². The van der Waals surface area contributed by atoms with Gasteiger partial charge in [0.15, 0.2) is 11.6 Å². The Morgan fingerprint density at radius 1 is 0.889 bits per heavy atom. The maximum atomic E-state index is 13.2. The molecule has 2 atom stereocenters. The number of para-hydroxylation sites is 3. The van der Waals surface area contributed by atoms with E-state index < -0.39 is 11.8 Å². The van der Waals surface area contributed by atoms with Crippen LogP contribution in [0.3, 0.4) is 0 Å². The third kappa shape index (κ3) is 7.34. The number of carbonyl (C=O) groups excluding carboxylic acids is 3. The van der Waals surface area contributed by atoms with Crippen LogP contribution in [0.15, 0.2) is 133 Å². The number of Topliss-reactive ketones (excluding diaryl/α,β-unsaturated/α-hetero) is 2. The van der Waals surface area contributed by atoms with Gasteiger partial charge >= 0.3 is 0 Å². The SMILES string of the molecule is CN(CCCC(=O)NCCSCc1ccc2c(c1)C(=O)C1C=CC=CC1C2=O)C1=C/C(=C\c2nc3ccccc3s2)c2ccccc2N1c1ccccc1. The lowest BCUT2D eigenvalue weighted by Crippen LogP contribution is -2.35. The quantitative estimate of drug-likeness (QED) is 0.127. The van der Waals surface area contributed by atoms with Gasteiger partial charge in [-0.15, -0.1) is 11.3 Å². The van der Waals surface area contributed by atoms with Crippen LogP contribution in [0.1, 0.15) is 49.7 Å². The maximum absolute atomic E-state index is 13.2. The third-order valence-electron chi connectivity index (χ3n) is 10.1. The highest BCUT2D eigenvalue weighted by atomic mass is 32.2. The van der Waals surface area contributed by atoms with Crippen molar-refractivity contribution in [2.75, 3.05) is 30.8 Å². The number of carbonyl (C=O) groups is 3. The second kappa shape index (κ2) is 15.8. The number of benzene rings is 4. The molecular weight excluding hydrogens is 709 g/mol. The molecule has 4 aromatic carbocycles. The van der Waals surface area contributed by atoms with Crippen molar-refractivity contribution >= 4 is 73.8 Å². The van der Waals surface area contributed by atoms with Crippen LogP contribution in [-0.2, 0) is 10.5 Å². The van der Waals surface area contributed by atoms with E-state index in [2.05, 4.69) is 95.0 Å². The van der Waals surface area contributed by atoms with Gasteiger partial charge < -0.3 is 10.2 Å². The average Bonchev–Trinajstić information content (AvgIpc) is 3.62. The van der Waals surface area contributed by atoms with Gasteiger partial charge in [-0.1, -0.05) is 85.0 Å². The fraction of sp³-hybridized carbons (Fsp3) is 0.200. The van der Waals surface area contributed by atoms with E-state index in [0.29, 0.717) is 42.8 Å². The molecule has 1 aliphatic heterocycles. The molecule has 0 saturated heterocycles. The zero-order valence-electron chi connectivity index (χ0n) is 30.0. The van der Waals surface area contributed by atoms with Crippen LogP contribution < -0.4 is 10.2 Å². The average molecular weight is 749 g/mol. The molecule has 3 aliphatic rings. The Morgan fingerprint density at radius 2 is 1.63 bits per heavy atom. The van der Waals surface area contributed by atoms with Gasteiger partial charge in [0.2, 0.25) is 5.91 Å². The molecular formula is C45H40N4O3S2. The number of anilines is 2. The van der Waals surface area contributed by atoms with E-state index in [1.54, 1.807) is 29.2 Å². The van der Waals surface area contributed by atoms with Gasteiger partial charge in [-0.2, -0.15) is 11.8 Å². The summed E-state index contributed by atoms with van der Waals surface area (Å²) in [5.41, 5.74) is 7.45. The van der Waals surface area contributed by atoms with Crippen LogP contribution in [0.2, 0.25) is 0 Å². The number of aromatic nitrogens is 1. The van der Waals surface area contributed by atoms with Crippen molar-refractivity contribution in [1.82, 2.24) is 15.2 Å². The van der Waals surface area contributed by atoms with Crippen molar-refractivity contribution < 1.29 is 14.4 Å². The summed E-state index contributed by atoms with van der Waals surface area (Å²) < 4.78 is 1.16. The summed E-state index contributed by atoms with van der Waals surface area (Å²) in [6.07, 6.45) is 12.9. The minimum Gasteiger partial charge on any atom is -0.361 e. The Bertz CT molecular complexity index is 2330. The van der Waals surface area contributed by atoms with E-state index in [-0.39, 0.29) is 17.5 Å². The maximum Gasteiger partial charge on any atom is 0.220 e. The number of allylic oxidation sites excluding steroid dienone is 6. The molecule has 0 spiro atoms. The summed E-state index contributed by atoms with van der Waals surface area (Å²) >= 11 is 3.39. The molecule has 0 saturated carbocycles. The highest BCUT2D eigenvalue weighted by Gasteiger charge is 2.39. The zero-order chi connectivity index (χ0) is 37.0. The second-order valence-electron chi connectivity index (χ2n) is 13.7. The van der Waals surface area contributed by atoms with Crippen molar-refractivity contribution in [3.63, 3.8) is 0 Å². The molecule has 2 unspecified atom stereocenters. The van der Waals surface area contributed by atoms with Crippen LogP contribution in [0.5, 0.6) is 0 Å². The van der Waals surface area contributed by atoms with Crippen molar-refractivity contribution in [3.05, 3.63) is 161 Å². The smallest absolute Gasteiger partial charge is 0.220 e. The van der Waals surface area contributed by atoms with Gasteiger partial charge in [0.1, 0.15) is 10.8 Å². The van der Waals surface area contributed by atoms with Crippen molar-refractivity contribution in [3.8, 4) is 0 Å². The summed E-state index contributed by atoms with van der Waals surface area (Å²) in [4.78, 5) is 48.5. The molecule has 54 heavy (non-hydrogen) atoms. The van der Waals surface area contributed by atoms with E-state index in [0.717, 1.165) is 54.9 Å². The zero-order valence-corrected chi connectivity index (χ0v) is 31.6. The molecule has 2 heterocycles. The van der Waals surface area contributed by atoms with Crippen LogP contribution in [0.25, 0.3) is 21.9 Å². The third-order valence-corrected chi connectivity index (χ3v) is 12.1. The topological polar surface area (TPSA) is 82.6 Å². The molecule has 1 N–H and O–H groups in total. The molecule has 7 nitrogen and oxygen atoms in total. The summed E-state index contributed by atoms with van der Waals surface area (Å²) in [7, 11) is 2.09. The Labute approximate surface area is 323 Å². The molecule has 2 aliphatic carbocycles. The van der Waals surface area contributed by atoms with Gasteiger partial charge in [0.05, 0.1) is 27.7 Å². The lowest BCUT2D eigenvalue weighted by molar-refractivity contribution is -0.121. The highest BCUT2D eigenvalue weighted by Crippen LogP contribution is 2.43. The Morgan fingerprint density at radius 3 is 2.44 bits per heavy atom. The standard InChI is InChI=1S/C45H40N4O3S2/c1-48(24-11-20-41(50)46-23-25-53-29-30-21-22-36-37(26-30)45(52)35-16-6-5-15-34(35)44(36)51)43-28-31(27-42-47-38-17-8-10-19-40(38)54-42)33-14-7-9-18-39(33)49(43)32-12-3-2-4-13-32/h2-10,12-19,21-22,26-28,34-35H,11,20,23-25,29H2,1H3,(H,46,50)/b31-27+. The number of hydrogen-bond donors (Lipinski definition) is 1. The Hall–Kier alpha value is -5.51. The van der Waals surface area contributed by atoms with Crippen molar-refractivity contribution in [1.29, 1.82) is 0 Å². The molecule has 8 rings (SSSR count). The number of fused-ring (bicyclic) bond motifs is 4. The first-order valence-electron chi connectivity index (χ1n) is 18.3. The van der Waals surface area contributed by atoms with Gasteiger partial charge in [-0.25, -0.2) is 4.98 Å². The largest absolute Gasteiger partial charge is 0.361 e. The van der Waals surface area contributed by atoms with E-state index >= 15 is 0 Å². The molecule has 9 heteroatoms. The van der Waals surface area contributed by atoms with Gasteiger partial charge in [-0.05, 0) is 66.1 Å². The molecule has 0 radical (unpaired) electrons. The first-order valence-corrected chi connectivity index (χ1v) is 20.3. The minimum absolute atomic E-state index is 0.0127. The monoisotopic (exact) mass is 748 g/mol. The van der Waals surface area contributed by atoms with Crippen LogP contribution in [-0.4, -0.2) is 53.2 Å². The first-order chi connectivity index (χ1) is 26.4. The van der Waals surface area contributed by atoms with Gasteiger partial charge in [0, 0.05) is 60.4 Å². The predicted octanol–water partition coefficient (Wildman–Crippen LogP) is 9.33. The number of ketones is 2. The first kappa shape index (κ1) is 35.5. The lowest BCUT2D eigenvalue weighted by atomic mass is 9.72. The number of rotatable bonds is 12. The minimum atomic E-state index is -0.406. The number of thiazole rings is 1. The van der Waals surface area contributed by atoms with Crippen LogP contribution >= 0.6 is 23.1 Å². The molecule has 0 bridgehead atoms. The van der Waals surface area contributed by atoms with Gasteiger partial charge in [0.25, 0.3) is 0 Å². The fourth-order valence-corrected chi connectivity index (χ4v) is 9.08. The molecule has 0 fully saturated rings. The van der Waals surface area contributed by atoms with Gasteiger partial charge in [-0.3, -0.25) is 19.3 Å². The molecule has 270 valence electrons. The van der Waals surface area contributed by atoms with E-state index in [1.165, 1.54) is 0 Å². The van der Waals surface area contributed by atoms with E-state index in [1.807, 2.05) is 54.6 Å². The second-order valence-corrected chi connectivity index (χ2v) is 15.8. The fourth-order valence-electron chi connectivity index (χ4n) is 7.35. The number of nitrogens with zero attached hydrogens (tertiary/aromatic N) is 3. The number of hydrogen-bond acceptors (Lipinski definition) is 8. The normalized spacial score (nSPS) is 18.0. The summed E-state index contributed by atoms with van der Waals surface area (Å²) in [6, 6.07) is 32.7. The predicted molar refractivity (Wildman–Crippen MR) is 222 cm³/mol. The van der Waals surface area contributed by atoms with Crippen LogP contribution in [0.4, 0.5) is 11.4 Å². The Balaban J connectivity index is 0.878.